The van der Waals surface area contributed by atoms with Crippen molar-refractivity contribution in [3.8, 4) is 11.1 Å². The van der Waals surface area contributed by atoms with Gasteiger partial charge in [0.1, 0.15) is 0 Å². The van der Waals surface area contributed by atoms with Crippen molar-refractivity contribution in [2.24, 2.45) is 0 Å². The lowest BCUT2D eigenvalue weighted by molar-refractivity contribution is 0.275. The summed E-state index contributed by atoms with van der Waals surface area (Å²) in [6.45, 7) is -0.334. The fourth-order valence-corrected chi connectivity index (χ4v) is 2.57. The zero-order valence-electron chi connectivity index (χ0n) is 8.92. The summed E-state index contributed by atoms with van der Waals surface area (Å²) in [5, 5.41) is 9.72. The van der Waals surface area contributed by atoms with Crippen LogP contribution in [0, 0.1) is 5.95 Å². The number of rotatable bonds is 2. The van der Waals surface area contributed by atoms with Gasteiger partial charge in [-0.2, -0.15) is 4.39 Å². The predicted molar refractivity (Wildman–Crippen MR) is 70.6 cm³/mol. The molecule has 0 aliphatic heterocycles. The number of aliphatic hydroxyl groups is 1. The number of nitrogens with zero attached hydrogens (tertiary/aromatic N) is 1. The van der Waals surface area contributed by atoms with Crippen molar-refractivity contribution >= 4 is 34.8 Å². The van der Waals surface area contributed by atoms with E-state index in [2.05, 4.69) is 4.98 Å². The molecule has 0 spiro atoms. The second-order valence-electron chi connectivity index (χ2n) is 3.54. The summed E-state index contributed by atoms with van der Waals surface area (Å²) in [6, 6.07) is 5.92. The monoisotopic (exact) mass is 305 g/mol. The Bertz CT molecular complexity index is 581. The van der Waals surface area contributed by atoms with E-state index in [4.69, 9.17) is 39.9 Å². The molecule has 0 aliphatic carbocycles. The van der Waals surface area contributed by atoms with Crippen LogP contribution in [-0.4, -0.2) is 10.1 Å². The second-order valence-corrected chi connectivity index (χ2v) is 4.79. The molecule has 1 heterocycles. The van der Waals surface area contributed by atoms with Crippen molar-refractivity contribution < 1.29 is 9.50 Å². The van der Waals surface area contributed by atoms with Gasteiger partial charge in [0.2, 0.25) is 5.95 Å². The molecule has 2 nitrogen and oxygen atoms in total. The highest BCUT2D eigenvalue weighted by molar-refractivity contribution is 6.41. The van der Waals surface area contributed by atoms with Gasteiger partial charge >= 0.3 is 0 Å². The van der Waals surface area contributed by atoms with E-state index in [0.717, 1.165) is 0 Å². The Labute approximate surface area is 118 Å². The van der Waals surface area contributed by atoms with Crippen LogP contribution in [-0.2, 0) is 6.61 Å². The maximum Gasteiger partial charge on any atom is 0.221 e. The average molecular weight is 307 g/mol. The van der Waals surface area contributed by atoms with Crippen molar-refractivity contribution in [1.82, 2.24) is 4.98 Å². The van der Waals surface area contributed by atoms with E-state index in [-0.39, 0.29) is 27.9 Å². The van der Waals surface area contributed by atoms with Crippen LogP contribution in [0.4, 0.5) is 4.39 Å². The highest BCUT2D eigenvalue weighted by atomic mass is 35.5. The Morgan fingerprint density at radius 1 is 1.11 bits per heavy atom. The Morgan fingerprint density at radius 2 is 1.72 bits per heavy atom. The molecular formula is C12H7Cl3FNO. The molecule has 2 aromatic rings. The molecule has 0 saturated heterocycles. The first-order valence-corrected chi connectivity index (χ1v) is 6.07. The molecule has 1 N–H and O–H groups in total. The van der Waals surface area contributed by atoms with Gasteiger partial charge in [-0.15, -0.1) is 0 Å². The van der Waals surface area contributed by atoms with Gasteiger partial charge in [-0.1, -0.05) is 34.8 Å². The molecule has 0 amide bonds. The number of aromatic nitrogens is 1. The molecule has 18 heavy (non-hydrogen) atoms. The van der Waals surface area contributed by atoms with Gasteiger partial charge in [0, 0.05) is 16.1 Å². The molecular weight excluding hydrogens is 299 g/mol. The van der Waals surface area contributed by atoms with Gasteiger partial charge in [0.25, 0.3) is 0 Å². The van der Waals surface area contributed by atoms with Crippen molar-refractivity contribution in [1.29, 1.82) is 0 Å². The van der Waals surface area contributed by atoms with Crippen LogP contribution < -0.4 is 0 Å². The van der Waals surface area contributed by atoms with Crippen molar-refractivity contribution in [3.63, 3.8) is 0 Å². The van der Waals surface area contributed by atoms with Crippen LogP contribution in [0.5, 0.6) is 0 Å². The Kier molecular flexibility index (Phi) is 4.07. The van der Waals surface area contributed by atoms with Crippen LogP contribution in [0.25, 0.3) is 11.1 Å². The van der Waals surface area contributed by atoms with E-state index in [1.165, 1.54) is 24.3 Å². The predicted octanol–water partition coefficient (Wildman–Crippen LogP) is 4.34. The minimum absolute atomic E-state index is 0.166. The maximum absolute atomic E-state index is 13.8. The number of benzene rings is 1. The minimum atomic E-state index is -0.743. The van der Waals surface area contributed by atoms with Crippen LogP contribution in [0.1, 0.15) is 5.69 Å². The normalized spacial score (nSPS) is 10.7. The lowest BCUT2D eigenvalue weighted by Crippen LogP contribution is -1.96. The maximum atomic E-state index is 13.8. The van der Waals surface area contributed by atoms with Gasteiger partial charge in [0.15, 0.2) is 0 Å². The van der Waals surface area contributed by atoms with Gasteiger partial charge in [-0.3, -0.25) is 0 Å². The minimum Gasteiger partial charge on any atom is -0.390 e. The summed E-state index contributed by atoms with van der Waals surface area (Å²) < 4.78 is 13.8. The van der Waals surface area contributed by atoms with Crippen LogP contribution in [0.2, 0.25) is 15.1 Å². The molecule has 6 heteroatoms. The number of pyridine rings is 1. The van der Waals surface area contributed by atoms with Gasteiger partial charge < -0.3 is 5.11 Å². The molecule has 0 fully saturated rings. The number of hydrogen-bond acceptors (Lipinski definition) is 2. The largest absolute Gasteiger partial charge is 0.390 e. The van der Waals surface area contributed by atoms with Crippen LogP contribution in [0.15, 0.2) is 24.3 Å². The third-order valence-electron chi connectivity index (χ3n) is 2.34. The first-order chi connectivity index (χ1) is 8.52. The lowest BCUT2D eigenvalue weighted by Gasteiger charge is -2.09. The average Bonchev–Trinajstić information content (AvgIpc) is 2.29. The fourth-order valence-electron chi connectivity index (χ4n) is 1.55. The van der Waals surface area contributed by atoms with Crippen molar-refractivity contribution in [2.45, 2.75) is 6.61 Å². The van der Waals surface area contributed by atoms with E-state index in [9.17, 15) is 4.39 Å². The van der Waals surface area contributed by atoms with E-state index in [1.54, 1.807) is 0 Å². The molecule has 0 saturated carbocycles. The highest BCUT2D eigenvalue weighted by Crippen LogP contribution is 2.37. The number of aliphatic hydroxyl groups excluding tert-OH is 1. The van der Waals surface area contributed by atoms with Gasteiger partial charge in [-0.05, 0) is 24.3 Å². The van der Waals surface area contributed by atoms with E-state index in [1.807, 2.05) is 0 Å². The standard InChI is InChI=1S/C12H7Cl3FNO/c13-6-3-9(14)11(10(15)4-6)8-2-1-7(5-18)17-12(8)16/h1-4,18H,5H2. The molecule has 0 bridgehead atoms. The summed E-state index contributed by atoms with van der Waals surface area (Å²) in [5.74, 6) is -0.743. The third kappa shape index (κ3) is 2.59. The van der Waals surface area contributed by atoms with E-state index >= 15 is 0 Å². The molecule has 2 rings (SSSR count). The number of halogens is 4. The third-order valence-corrected chi connectivity index (χ3v) is 3.16. The molecule has 1 aromatic heterocycles. The molecule has 0 unspecified atom stereocenters. The first-order valence-electron chi connectivity index (χ1n) is 4.94. The van der Waals surface area contributed by atoms with Crippen LogP contribution >= 0.6 is 34.8 Å². The van der Waals surface area contributed by atoms with Crippen molar-refractivity contribution in [2.75, 3.05) is 0 Å². The molecule has 0 atom stereocenters. The van der Waals surface area contributed by atoms with E-state index < -0.39 is 5.95 Å². The molecule has 94 valence electrons. The lowest BCUT2D eigenvalue weighted by atomic mass is 10.1. The second kappa shape index (κ2) is 5.41. The summed E-state index contributed by atoms with van der Waals surface area (Å²) in [7, 11) is 0. The van der Waals surface area contributed by atoms with Crippen molar-refractivity contribution in [3.05, 3.63) is 51.0 Å². The molecule has 0 radical (unpaired) electrons. The first kappa shape index (κ1) is 13.6. The highest BCUT2D eigenvalue weighted by Gasteiger charge is 2.15. The number of hydrogen-bond donors (Lipinski definition) is 1. The summed E-state index contributed by atoms with van der Waals surface area (Å²) in [4.78, 5) is 3.61. The molecule has 0 aliphatic rings. The zero-order valence-corrected chi connectivity index (χ0v) is 11.2. The van der Waals surface area contributed by atoms with Crippen LogP contribution in [0.3, 0.4) is 0 Å². The Balaban J connectivity index is 2.62. The zero-order chi connectivity index (χ0) is 13.3. The Hall–Kier alpha value is -0.870. The fraction of sp³-hybridized carbons (Fsp3) is 0.0833. The van der Waals surface area contributed by atoms with Gasteiger partial charge in [0.05, 0.1) is 22.3 Å². The Morgan fingerprint density at radius 3 is 2.22 bits per heavy atom. The smallest absolute Gasteiger partial charge is 0.221 e. The SMILES string of the molecule is OCc1ccc(-c2c(Cl)cc(Cl)cc2Cl)c(F)n1. The summed E-state index contributed by atoms with van der Waals surface area (Å²) in [5.41, 5.74) is 0.730. The quantitative estimate of drug-likeness (QED) is 0.837. The summed E-state index contributed by atoms with van der Waals surface area (Å²) >= 11 is 17.8. The molecule has 1 aromatic carbocycles. The van der Waals surface area contributed by atoms with Gasteiger partial charge in [-0.25, -0.2) is 4.98 Å². The summed E-state index contributed by atoms with van der Waals surface area (Å²) in [6.07, 6.45) is 0. The topological polar surface area (TPSA) is 33.1 Å². The van der Waals surface area contributed by atoms with E-state index in [0.29, 0.717) is 10.6 Å².